The number of carbonyl (C=O) groups excluding carboxylic acids is 1. The lowest BCUT2D eigenvalue weighted by Crippen LogP contribution is -2.38. The molecule has 5 heteroatoms. The molecular weight excluding hydrogens is 254 g/mol. The lowest BCUT2D eigenvalue weighted by atomic mass is 10.2. The summed E-state index contributed by atoms with van der Waals surface area (Å²) in [6.07, 6.45) is 1.53. The Bertz CT molecular complexity index is 379. The first-order valence-corrected chi connectivity index (χ1v) is 8.26. The fraction of sp³-hybridized carbons (Fsp3) is 0.583. The van der Waals surface area contributed by atoms with Gasteiger partial charge in [0.1, 0.15) is 0 Å². The minimum absolute atomic E-state index is 0.251. The average molecular weight is 271 g/mol. The molecule has 1 aliphatic heterocycles. The molecule has 1 aliphatic rings. The quantitative estimate of drug-likeness (QED) is 0.766. The van der Waals surface area contributed by atoms with E-state index in [0.717, 1.165) is 42.4 Å². The molecule has 0 unspecified atom stereocenters. The summed E-state index contributed by atoms with van der Waals surface area (Å²) in [5, 5.41) is 1.94. The first kappa shape index (κ1) is 12.9. The van der Waals surface area contributed by atoms with Gasteiger partial charge in [0.25, 0.3) is 0 Å². The van der Waals surface area contributed by atoms with Crippen molar-refractivity contribution in [1.29, 1.82) is 0 Å². The third-order valence-electron chi connectivity index (χ3n) is 2.94. The molecule has 3 nitrogen and oxygen atoms in total. The minimum Gasteiger partial charge on any atom is -0.301 e. The third kappa shape index (κ3) is 4.01. The first-order valence-electron chi connectivity index (χ1n) is 5.90. The normalized spacial score (nSPS) is 18.4. The van der Waals surface area contributed by atoms with Gasteiger partial charge in [-0.1, -0.05) is 6.07 Å². The van der Waals surface area contributed by atoms with Crippen molar-refractivity contribution in [3.8, 4) is 0 Å². The molecule has 0 saturated carbocycles. The summed E-state index contributed by atoms with van der Waals surface area (Å²) < 4.78 is 11.2. The molecule has 1 fully saturated rings. The van der Waals surface area contributed by atoms with Crippen molar-refractivity contribution in [2.45, 2.75) is 12.8 Å². The van der Waals surface area contributed by atoms with Crippen LogP contribution in [0.25, 0.3) is 0 Å². The van der Waals surface area contributed by atoms with Crippen LogP contribution in [0, 0.1) is 0 Å². The molecule has 0 aliphatic carbocycles. The molecule has 1 aromatic heterocycles. The number of hydrogen-bond donors (Lipinski definition) is 0. The SMILES string of the molecule is O=C(CCCN1CCS(=O)CC1)c1cccs1. The van der Waals surface area contributed by atoms with E-state index in [9.17, 15) is 9.00 Å². The van der Waals surface area contributed by atoms with Crippen LogP contribution >= 0.6 is 11.3 Å². The highest BCUT2D eigenvalue weighted by Gasteiger charge is 2.15. The van der Waals surface area contributed by atoms with Crippen molar-refractivity contribution in [1.82, 2.24) is 4.90 Å². The number of nitrogens with zero attached hydrogens (tertiary/aromatic N) is 1. The molecule has 1 aromatic rings. The molecule has 17 heavy (non-hydrogen) atoms. The van der Waals surface area contributed by atoms with Crippen molar-refractivity contribution in [3.63, 3.8) is 0 Å². The van der Waals surface area contributed by atoms with Crippen LogP contribution in [0.5, 0.6) is 0 Å². The van der Waals surface area contributed by atoms with Crippen LogP contribution in [-0.4, -0.2) is 46.0 Å². The maximum atomic E-state index is 11.7. The zero-order valence-corrected chi connectivity index (χ0v) is 11.4. The lowest BCUT2D eigenvalue weighted by Gasteiger charge is -2.25. The first-order chi connectivity index (χ1) is 8.25. The Balaban J connectivity index is 1.66. The van der Waals surface area contributed by atoms with Crippen molar-refractivity contribution >= 4 is 27.9 Å². The zero-order valence-electron chi connectivity index (χ0n) is 9.76. The van der Waals surface area contributed by atoms with Gasteiger partial charge < -0.3 is 4.90 Å². The van der Waals surface area contributed by atoms with E-state index in [2.05, 4.69) is 4.90 Å². The van der Waals surface area contributed by atoms with Gasteiger partial charge in [-0.05, 0) is 24.4 Å². The molecule has 0 atom stereocenters. The summed E-state index contributed by atoms with van der Waals surface area (Å²) in [5.74, 6) is 1.83. The molecule has 0 N–H and O–H groups in total. The molecule has 2 heterocycles. The van der Waals surface area contributed by atoms with Gasteiger partial charge in [-0.3, -0.25) is 9.00 Å². The van der Waals surface area contributed by atoms with Crippen molar-refractivity contribution in [3.05, 3.63) is 22.4 Å². The Hall–Kier alpha value is -0.520. The molecule has 1 saturated heterocycles. The molecule has 0 amide bonds. The monoisotopic (exact) mass is 271 g/mol. The molecule has 0 aromatic carbocycles. The second kappa shape index (κ2) is 6.42. The van der Waals surface area contributed by atoms with Crippen molar-refractivity contribution in [2.24, 2.45) is 0 Å². The Morgan fingerprint density at radius 3 is 2.82 bits per heavy atom. The van der Waals surface area contributed by atoms with Crippen molar-refractivity contribution < 1.29 is 9.00 Å². The van der Waals surface area contributed by atoms with Crippen LogP contribution in [0.3, 0.4) is 0 Å². The van der Waals surface area contributed by atoms with Crippen LogP contribution in [0.1, 0.15) is 22.5 Å². The van der Waals surface area contributed by atoms with Gasteiger partial charge in [-0.15, -0.1) is 11.3 Å². The van der Waals surface area contributed by atoms with E-state index in [1.165, 1.54) is 11.3 Å². The topological polar surface area (TPSA) is 37.4 Å². The van der Waals surface area contributed by atoms with E-state index in [0.29, 0.717) is 6.42 Å². The summed E-state index contributed by atoms with van der Waals surface area (Å²) in [4.78, 5) is 14.9. The van der Waals surface area contributed by atoms with E-state index in [-0.39, 0.29) is 5.78 Å². The molecule has 0 radical (unpaired) electrons. The maximum Gasteiger partial charge on any atom is 0.172 e. The molecule has 94 valence electrons. The third-order valence-corrected chi connectivity index (χ3v) is 5.13. The predicted molar refractivity (Wildman–Crippen MR) is 72.2 cm³/mol. The summed E-state index contributed by atoms with van der Waals surface area (Å²) in [7, 11) is -0.606. The molecule has 0 spiro atoms. The zero-order chi connectivity index (χ0) is 12.1. The van der Waals surface area contributed by atoms with Gasteiger partial charge >= 0.3 is 0 Å². The van der Waals surface area contributed by atoms with Crippen LogP contribution in [0.4, 0.5) is 0 Å². The highest BCUT2D eigenvalue weighted by atomic mass is 32.2. The fourth-order valence-electron chi connectivity index (χ4n) is 1.92. The smallest absolute Gasteiger partial charge is 0.172 e. The Morgan fingerprint density at radius 1 is 1.41 bits per heavy atom. The number of rotatable bonds is 5. The highest BCUT2D eigenvalue weighted by Crippen LogP contribution is 2.12. The number of ketones is 1. The average Bonchev–Trinajstić information content (AvgIpc) is 2.85. The van der Waals surface area contributed by atoms with E-state index in [1.54, 1.807) is 0 Å². The summed E-state index contributed by atoms with van der Waals surface area (Å²) in [6.45, 7) is 2.79. The van der Waals surface area contributed by atoms with Crippen LogP contribution < -0.4 is 0 Å². The van der Waals surface area contributed by atoms with Gasteiger partial charge in [-0.25, -0.2) is 0 Å². The van der Waals surface area contributed by atoms with E-state index >= 15 is 0 Å². The number of carbonyl (C=O) groups is 1. The van der Waals surface area contributed by atoms with E-state index in [1.807, 2.05) is 17.5 Å². The summed E-state index contributed by atoms with van der Waals surface area (Å²) >= 11 is 1.51. The molecule has 0 bridgehead atoms. The second-order valence-electron chi connectivity index (χ2n) is 4.19. The standard InChI is InChI=1S/C12H17NO2S2/c14-11(12-4-2-8-16-12)3-1-5-13-6-9-17(15)10-7-13/h2,4,8H,1,3,5-7,9-10H2. The Labute approximate surface area is 108 Å². The van der Waals surface area contributed by atoms with Gasteiger partial charge in [0, 0.05) is 41.8 Å². The predicted octanol–water partition coefficient (Wildman–Crippen LogP) is 1.78. The van der Waals surface area contributed by atoms with E-state index in [4.69, 9.17) is 0 Å². The van der Waals surface area contributed by atoms with Gasteiger partial charge in [0.2, 0.25) is 0 Å². The lowest BCUT2D eigenvalue weighted by molar-refractivity contribution is 0.0979. The molecular formula is C12H17NO2S2. The fourth-order valence-corrected chi connectivity index (χ4v) is 3.75. The van der Waals surface area contributed by atoms with Crippen LogP contribution in [0.2, 0.25) is 0 Å². The molecule has 2 rings (SSSR count). The van der Waals surface area contributed by atoms with Crippen LogP contribution in [0.15, 0.2) is 17.5 Å². The Kier molecular flexibility index (Phi) is 4.88. The minimum atomic E-state index is -0.606. The maximum absolute atomic E-state index is 11.7. The van der Waals surface area contributed by atoms with Crippen LogP contribution in [-0.2, 0) is 10.8 Å². The van der Waals surface area contributed by atoms with Crippen molar-refractivity contribution in [2.75, 3.05) is 31.1 Å². The highest BCUT2D eigenvalue weighted by molar-refractivity contribution is 7.85. The van der Waals surface area contributed by atoms with Gasteiger partial charge in [0.15, 0.2) is 5.78 Å². The van der Waals surface area contributed by atoms with E-state index < -0.39 is 10.8 Å². The van der Waals surface area contributed by atoms with Gasteiger partial charge in [0.05, 0.1) is 4.88 Å². The number of Topliss-reactive ketones (excluding diaryl/α,β-unsaturated/α-hetero) is 1. The Morgan fingerprint density at radius 2 is 2.18 bits per heavy atom. The summed E-state index contributed by atoms with van der Waals surface area (Å²) in [6, 6.07) is 3.80. The number of thiophene rings is 1. The summed E-state index contributed by atoms with van der Waals surface area (Å²) in [5.41, 5.74) is 0. The number of hydrogen-bond acceptors (Lipinski definition) is 4. The largest absolute Gasteiger partial charge is 0.301 e. The second-order valence-corrected chi connectivity index (χ2v) is 6.84. The van der Waals surface area contributed by atoms with Gasteiger partial charge in [-0.2, -0.15) is 0 Å².